The Morgan fingerprint density at radius 2 is 1.53 bits per heavy atom. The van der Waals surface area contributed by atoms with E-state index in [-0.39, 0.29) is 60.3 Å². The van der Waals surface area contributed by atoms with Crippen molar-refractivity contribution in [3.05, 3.63) is 93.8 Å². The Hall–Kier alpha value is -5.90. The van der Waals surface area contributed by atoms with Gasteiger partial charge in [0.25, 0.3) is 0 Å². The highest BCUT2D eigenvalue weighted by Crippen LogP contribution is 2.45. The molecule has 60 heavy (non-hydrogen) atoms. The number of anilines is 2. The van der Waals surface area contributed by atoms with Crippen LogP contribution in [0.15, 0.2) is 60.7 Å². The van der Waals surface area contributed by atoms with Crippen LogP contribution in [0, 0.1) is 12.7 Å². The lowest BCUT2D eigenvalue weighted by molar-refractivity contribution is -0.137. The van der Waals surface area contributed by atoms with Crippen LogP contribution in [-0.2, 0) is 28.8 Å². The number of alkyl halides is 3. The predicted molar refractivity (Wildman–Crippen MR) is 220 cm³/mol. The molecule has 1 aliphatic rings. The highest BCUT2D eigenvalue weighted by Gasteiger charge is 2.40. The van der Waals surface area contributed by atoms with E-state index in [1.807, 2.05) is 31.2 Å². The van der Waals surface area contributed by atoms with Crippen molar-refractivity contribution in [3.8, 4) is 28.8 Å². The minimum atomic E-state index is -4.98. The highest BCUT2D eigenvalue weighted by atomic mass is 35.5. The number of benzene rings is 3. The van der Waals surface area contributed by atoms with E-state index in [4.69, 9.17) is 30.5 Å². The molecule has 0 radical (unpaired) electrons. The van der Waals surface area contributed by atoms with Gasteiger partial charge in [-0.05, 0) is 87.7 Å². The van der Waals surface area contributed by atoms with Gasteiger partial charge in [-0.3, -0.25) is 4.79 Å². The molecule has 0 N–H and O–H groups in total. The number of carbonyl (C=O) groups is 2. The molecule has 2 aromatic heterocycles. The zero-order chi connectivity index (χ0) is 43.5. The molecule has 12 nitrogen and oxygen atoms in total. The summed E-state index contributed by atoms with van der Waals surface area (Å²) in [5.41, 5.74) is -2.31. The molecule has 0 aliphatic carbocycles. The number of aryl methyl sites for hydroxylation is 1. The zero-order valence-corrected chi connectivity index (χ0v) is 34.9. The fourth-order valence-electron chi connectivity index (χ4n) is 7.01. The fourth-order valence-corrected chi connectivity index (χ4v) is 7.29. The second-order valence-electron chi connectivity index (χ2n) is 15.3. The molecule has 0 bridgehead atoms. The number of rotatable bonds is 12. The van der Waals surface area contributed by atoms with Gasteiger partial charge in [-0.2, -0.15) is 23.1 Å². The van der Waals surface area contributed by atoms with Crippen molar-refractivity contribution in [2.24, 2.45) is 0 Å². The average molecular weight is 853 g/mol. The Bertz CT molecular complexity index is 2310. The number of fused-ring (bicyclic) bond motifs is 1. The maximum absolute atomic E-state index is 17.3. The van der Waals surface area contributed by atoms with Crippen LogP contribution >= 0.6 is 11.6 Å². The van der Waals surface area contributed by atoms with Crippen molar-refractivity contribution in [2.75, 3.05) is 50.3 Å². The summed E-state index contributed by atoms with van der Waals surface area (Å²) in [5, 5.41) is -0.308. The third kappa shape index (κ3) is 9.75. The Balaban J connectivity index is 1.50. The molecule has 6 rings (SSSR count). The van der Waals surface area contributed by atoms with Crippen LogP contribution in [-0.4, -0.2) is 84.3 Å². The molecular weight excluding hydrogens is 808 g/mol. The van der Waals surface area contributed by atoms with Gasteiger partial charge < -0.3 is 33.6 Å². The van der Waals surface area contributed by atoms with E-state index >= 15 is 17.6 Å². The lowest BCUT2D eigenvalue weighted by atomic mass is 9.98. The summed E-state index contributed by atoms with van der Waals surface area (Å²) in [5.74, 6) is 0.300. The van der Waals surface area contributed by atoms with Crippen molar-refractivity contribution in [3.63, 3.8) is 0 Å². The summed E-state index contributed by atoms with van der Waals surface area (Å²) in [7, 11) is 3.08. The maximum atomic E-state index is 17.3. The standard InChI is InChI=1S/C43H45ClF4N6O6/c1-25-20-33(53(23-27-8-12-29(57-6)13-9-27)24-28-10-14-30(58-7)15-11-28)49-38(35(25)43(46,47)48)34-32(44)21-31-37(36(34)45)50-40(59-19-18-55)51-39(31)54-17-16-52(22-26(54)2)41(56)60-42(3,4)5/h8-15,18,20-21,26H,16-17,19,22-24H2,1-7H3/t26-/m0/s1. The molecule has 3 heterocycles. The molecule has 3 aromatic carbocycles. The Labute approximate surface area is 350 Å². The number of pyridine rings is 1. The van der Waals surface area contributed by atoms with E-state index < -0.39 is 64.7 Å². The summed E-state index contributed by atoms with van der Waals surface area (Å²) in [6.07, 6.45) is -5.03. The molecule has 0 unspecified atom stereocenters. The Kier molecular flexibility index (Phi) is 12.9. The molecule has 0 saturated carbocycles. The normalized spacial score (nSPS) is 14.6. The molecule has 1 fully saturated rings. The van der Waals surface area contributed by atoms with Crippen molar-refractivity contribution in [2.45, 2.75) is 65.5 Å². The topological polar surface area (TPSA) is 119 Å². The SMILES string of the molecule is COc1ccc(CN(Cc2ccc(OC)cc2)c2cc(C)c(C(F)(F)F)c(-c3c(Cl)cc4c(N5CCN(C(=O)OC(C)(C)C)C[C@@H]5C)nc(OCC=O)nc4c3F)n2)cc1. The predicted octanol–water partition coefficient (Wildman–Crippen LogP) is 9.06. The van der Waals surface area contributed by atoms with Crippen molar-refractivity contribution >= 4 is 46.5 Å². The number of methoxy groups -OCH3 is 2. The molecule has 0 spiro atoms. The zero-order valence-electron chi connectivity index (χ0n) is 34.2. The van der Waals surface area contributed by atoms with Crippen molar-refractivity contribution < 1.29 is 46.1 Å². The van der Waals surface area contributed by atoms with Gasteiger partial charge in [-0.25, -0.2) is 14.2 Å². The number of hydrogen-bond acceptors (Lipinski definition) is 11. The first-order valence-electron chi connectivity index (χ1n) is 19.0. The number of carbonyl (C=O) groups excluding carboxylic acids is 2. The summed E-state index contributed by atoms with van der Waals surface area (Å²) in [4.78, 5) is 42.6. The van der Waals surface area contributed by atoms with Gasteiger partial charge in [0.15, 0.2) is 12.1 Å². The second kappa shape index (κ2) is 17.8. The number of ether oxygens (including phenoxy) is 4. The van der Waals surface area contributed by atoms with Crippen LogP contribution in [0.4, 0.5) is 34.0 Å². The smallest absolute Gasteiger partial charge is 0.418 e. The van der Waals surface area contributed by atoms with Gasteiger partial charge in [-0.1, -0.05) is 35.9 Å². The molecule has 1 atom stereocenters. The summed E-state index contributed by atoms with van der Waals surface area (Å²) in [6.45, 7) is 8.93. The van der Waals surface area contributed by atoms with E-state index in [0.717, 1.165) is 11.1 Å². The number of halogens is 5. The van der Waals surface area contributed by atoms with Gasteiger partial charge in [0.1, 0.15) is 40.9 Å². The average Bonchev–Trinajstić information content (AvgIpc) is 3.19. The van der Waals surface area contributed by atoms with E-state index in [1.165, 1.54) is 24.0 Å². The van der Waals surface area contributed by atoms with Crippen LogP contribution < -0.4 is 24.0 Å². The van der Waals surface area contributed by atoms with Crippen LogP contribution in [0.5, 0.6) is 17.5 Å². The lowest BCUT2D eigenvalue weighted by Crippen LogP contribution is -2.54. The number of nitrogens with zero attached hydrogens (tertiary/aromatic N) is 6. The molecule has 1 saturated heterocycles. The first kappa shape index (κ1) is 43.7. The Morgan fingerprint density at radius 3 is 2.05 bits per heavy atom. The van der Waals surface area contributed by atoms with E-state index in [2.05, 4.69) is 15.0 Å². The van der Waals surface area contributed by atoms with E-state index in [0.29, 0.717) is 17.8 Å². The van der Waals surface area contributed by atoms with Gasteiger partial charge in [0.2, 0.25) is 0 Å². The third-order valence-corrected chi connectivity index (χ3v) is 10.1. The van der Waals surface area contributed by atoms with Crippen LogP contribution in [0.1, 0.15) is 49.9 Å². The minimum absolute atomic E-state index is 0.0688. The fraction of sp³-hybridized carbons (Fsp3) is 0.372. The lowest BCUT2D eigenvalue weighted by Gasteiger charge is -2.41. The van der Waals surface area contributed by atoms with Crippen molar-refractivity contribution in [1.29, 1.82) is 0 Å². The third-order valence-electron chi connectivity index (χ3n) is 9.79. The molecule has 318 valence electrons. The summed E-state index contributed by atoms with van der Waals surface area (Å²) in [6, 6.07) is 16.2. The van der Waals surface area contributed by atoms with Gasteiger partial charge in [0, 0.05) is 44.2 Å². The first-order chi connectivity index (χ1) is 28.4. The largest absolute Gasteiger partial charge is 0.497 e. The second-order valence-corrected chi connectivity index (χ2v) is 15.7. The van der Waals surface area contributed by atoms with Crippen molar-refractivity contribution in [1.82, 2.24) is 19.9 Å². The summed E-state index contributed by atoms with van der Waals surface area (Å²) < 4.78 is 84.3. The maximum Gasteiger partial charge on any atom is 0.418 e. The van der Waals surface area contributed by atoms with Crippen LogP contribution in [0.2, 0.25) is 5.02 Å². The van der Waals surface area contributed by atoms with Gasteiger partial charge >= 0.3 is 18.3 Å². The molecule has 17 heteroatoms. The van der Waals surface area contributed by atoms with E-state index in [1.54, 1.807) is 69.1 Å². The molecular formula is C43H45ClF4N6O6. The number of piperazine rings is 1. The molecule has 5 aromatic rings. The number of aromatic nitrogens is 3. The number of aldehydes is 1. The summed E-state index contributed by atoms with van der Waals surface area (Å²) >= 11 is 6.86. The quantitative estimate of drug-likeness (QED) is 0.0884. The number of amides is 1. The van der Waals surface area contributed by atoms with Gasteiger partial charge in [-0.15, -0.1) is 0 Å². The molecule has 1 amide bonds. The van der Waals surface area contributed by atoms with E-state index in [9.17, 15) is 9.59 Å². The first-order valence-corrected chi connectivity index (χ1v) is 19.4. The van der Waals surface area contributed by atoms with Gasteiger partial charge in [0.05, 0.1) is 36.1 Å². The number of hydrogen-bond donors (Lipinski definition) is 0. The molecule has 1 aliphatic heterocycles. The Morgan fingerprint density at radius 1 is 0.933 bits per heavy atom. The van der Waals surface area contributed by atoms with Crippen LogP contribution in [0.25, 0.3) is 22.2 Å². The monoisotopic (exact) mass is 852 g/mol. The minimum Gasteiger partial charge on any atom is -0.497 e. The van der Waals surface area contributed by atoms with Crippen LogP contribution in [0.3, 0.4) is 0 Å². The highest BCUT2D eigenvalue weighted by molar-refractivity contribution is 6.34.